The minimum Gasteiger partial charge on any atom is -0.463 e. The number of esters is 1. The molecule has 0 bridgehead atoms. The Kier molecular flexibility index (Phi) is 4.70. The normalized spacial score (nSPS) is 20.4. The number of piperazine rings is 1. The standard InChI is InChI=1S/C13H20N2O5S/c1-4-10-12(7-11(20-10)13(16)19-3)21(17,18)15-6-5-14-8-9(15)2/h7,9,14H,4-6,8H2,1-3H3. The number of hydrogen-bond donors (Lipinski definition) is 1. The highest BCUT2D eigenvalue weighted by Gasteiger charge is 2.35. The maximum absolute atomic E-state index is 12.8. The molecule has 0 aromatic carbocycles. The average molecular weight is 316 g/mol. The van der Waals surface area contributed by atoms with Crippen LogP contribution in [0.25, 0.3) is 0 Å². The first-order valence-corrected chi connectivity index (χ1v) is 8.29. The quantitative estimate of drug-likeness (QED) is 0.819. The van der Waals surface area contributed by atoms with Crippen LogP contribution in [0.5, 0.6) is 0 Å². The minimum absolute atomic E-state index is 0.0548. The lowest BCUT2D eigenvalue weighted by Gasteiger charge is -2.32. The van der Waals surface area contributed by atoms with Crippen molar-refractivity contribution in [1.82, 2.24) is 9.62 Å². The summed E-state index contributed by atoms with van der Waals surface area (Å²) in [7, 11) is -2.46. The molecule has 1 aromatic rings. The van der Waals surface area contributed by atoms with Crippen LogP contribution in [0.1, 0.15) is 30.2 Å². The third-order valence-electron chi connectivity index (χ3n) is 3.50. The zero-order valence-corrected chi connectivity index (χ0v) is 13.2. The van der Waals surface area contributed by atoms with Gasteiger partial charge in [0.25, 0.3) is 0 Å². The summed E-state index contributed by atoms with van der Waals surface area (Å²) in [6, 6.07) is 1.11. The second-order valence-corrected chi connectivity index (χ2v) is 6.77. The van der Waals surface area contributed by atoms with Crippen LogP contribution < -0.4 is 5.32 Å². The predicted octanol–water partition coefficient (Wildman–Crippen LogP) is 0.611. The number of rotatable bonds is 4. The van der Waals surface area contributed by atoms with E-state index in [1.165, 1.54) is 17.5 Å². The topological polar surface area (TPSA) is 88.8 Å². The lowest BCUT2D eigenvalue weighted by Crippen LogP contribution is -2.52. The van der Waals surface area contributed by atoms with E-state index in [9.17, 15) is 13.2 Å². The number of carbonyl (C=O) groups excluding carboxylic acids is 1. The van der Waals surface area contributed by atoms with Crippen LogP contribution in [0, 0.1) is 0 Å². The highest BCUT2D eigenvalue weighted by Crippen LogP contribution is 2.27. The van der Waals surface area contributed by atoms with Crippen LogP contribution in [0.3, 0.4) is 0 Å². The van der Waals surface area contributed by atoms with Crippen molar-refractivity contribution < 1.29 is 22.4 Å². The van der Waals surface area contributed by atoms with Gasteiger partial charge in [-0.1, -0.05) is 6.92 Å². The van der Waals surface area contributed by atoms with E-state index in [0.717, 1.165) is 0 Å². The predicted molar refractivity (Wildman–Crippen MR) is 75.6 cm³/mol. The molecule has 1 saturated heterocycles. The first-order chi connectivity index (χ1) is 9.91. The highest BCUT2D eigenvalue weighted by molar-refractivity contribution is 7.89. The van der Waals surface area contributed by atoms with Crippen molar-refractivity contribution in [3.63, 3.8) is 0 Å². The lowest BCUT2D eigenvalue weighted by atomic mass is 10.3. The fourth-order valence-electron chi connectivity index (χ4n) is 2.38. The van der Waals surface area contributed by atoms with E-state index < -0.39 is 16.0 Å². The number of ether oxygens (including phenoxy) is 1. The third-order valence-corrected chi connectivity index (χ3v) is 5.57. The molecule has 0 saturated carbocycles. The van der Waals surface area contributed by atoms with Crippen molar-refractivity contribution in [1.29, 1.82) is 0 Å². The number of methoxy groups -OCH3 is 1. The average Bonchev–Trinajstić information content (AvgIpc) is 2.91. The Morgan fingerprint density at radius 2 is 2.29 bits per heavy atom. The number of nitrogens with zero attached hydrogens (tertiary/aromatic N) is 1. The summed E-state index contributed by atoms with van der Waals surface area (Å²) >= 11 is 0. The molecule has 21 heavy (non-hydrogen) atoms. The third kappa shape index (κ3) is 2.97. The van der Waals surface area contributed by atoms with Gasteiger partial charge in [-0.2, -0.15) is 4.31 Å². The first-order valence-electron chi connectivity index (χ1n) is 6.85. The Balaban J connectivity index is 2.43. The highest BCUT2D eigenvalue weighted by atomic mass is 32.2. The van der Waals surface area contributed by atoms with Crippen molar-refractivity contribution >= 4 is 16.0 Å². The molecule has 0 radical (unpaired) electrons. The van der Waals surface area contributed by atoms with Gasteiger partial charge in [0.05, 0.1) is 7.11 Å². The van der Waals surface area contributed by atoms with E-state index in [2.05, 4.69) is 10.1 Å². The molecular formula is C13H20N2O5S. The van der Waals surface area contributed by atoms with E-state index >= 15 is 0 Å². The summed E-state index contributed by atoms with van der Waals surface area (Å²) in [5.74, 6) is -0.489. The van der Waals surface area contributed by atoms with E-state index in [1.807, 2.05) is 6.92 Å². The fraction of sp³-hybridized carbons (Fsp3) is 0.615. The van der Waals surface area contributed by atoms with Crippen LogP contribution >= 0.6 is 0 Å². The Morgan fingerprint density at radius 1 is 1.57 bits per heavy atom. The SMILES string of the molecule is CCc1oc(C(=O)OC)cc1S(=O)(=O)N1CCNCC1C. The van der Waals surface area contributed by atoms with Crippen LogP contribution in [-0.2, 0) is 21.2 Å². The molecule has 1 aliphatic heterocycles. The molecule has 1 aromatic heterocycles. The molecule has 1 fully saturated rings. The summed E-state index contributed by atoms with van der Waals surface area (Å²) < 4.78 is 36.9. The molecule has 0 spiro atoms. The van der Waals surface area contributed by atoms with Gasteiger partial charge in [-0.05, 0) is 6.92 Å². The Morgan fingerprint density at radius 3 is 2.86 bits per heavy atom. The molecule has 1 unspecified atom stereocenters. The molecule has 1 atom stereocenters. The molecule has 7 nitrogen and oxygen atoms in total. The van der Waals surface area contributed by atoms with E-state index in [4.69, 9.17) is 4.42 Å². The largest absolute Gasteiger partial charge is 0.463 e. The molecule has 8 heteroatoms. The Bertz CT molecular complexity index is 623. The maximum atomic E-state index is 12.8. The second-order valence-electron chi connectivity index (χ2n) is 4.91. The summed E-state index contributed by atoms with van der Waals surface area (Å²) in [5, 5.41) is 3.15. The number of aryl methyl sites for hydroxylation is 1. The monoisotopic (exact) mass is 316 g/mol. The van der Waals surface area contributed by atoms with Crippen LogP contribution in [0.15, 0.2) is 15.4 Å². The smallest absolute Gasteiger partial charge is 0.373 e. The van der Waals surface area contributed by atoms with E-state index in [-0.39, 0.29) is 22.5 Å². The zero-order chi connectivity index (χ0) is 15.6. The first kappa shape index (κ1) is 16.0. The Hall–Kier alpha value is -1.38. The van der Waals surface area contributed by atoms with Crippen LogP contribution in [0.2, 0.25) is 0 Å². The molecule has 118 valence electrons. The molecule has 1 aliphatic rings. The van der Waals surface area contributed by atoms with Gasteiger partial charge in [0.15, 0.2) is 0 Å². The molecular weight excluding hydrogens is 296 g/mol. The summed E-state index contributed by atoms with van der Waals surface area (Å²) in [6.45, 7) is 5.22. The van der Waals surface area contributed by atoms with Gasteiger partial charge < -0.3 is 14.5 Å². The van der Waals surface area contributed by atoms with Gasteiger partial charge in [-0.25, -0.2) is 13.2 Å². The second kappa shape index (κ2) is 6.17. The number of furan rings is 1. The van der Waals surface area contributed by atoms with Crippen molar-refractivity contribution in [2.75, 3.05) is 26.7 Å². The van der Waals surface area contributed by atoms with Gasteiger partial charge in [-0.3, -0.25) is 0 Å². The number of sulfonamides is 1. The molecule has 1 N–H and O–H groups in total. The van der Waals surface area contributed by atoms with Crippen molar-refractivity contribution in [3.8, 4) is 0 Å². The lowest BCUT2D eigenvalue weighted by molar-refractivity contribution is 0.0563. The molecule has 2 heterocycles. The molecule has 0 amide bonds. The fourth-order valence-corrected chi connectivity index (χ4v) is 4.25. The maximum Gasteiger partial charge on any atom is 0.373 e. The van der Waals surface area contributed by atoms with Crippen LogP contribution in [-0.4, -0.2) is 51.5 Å². The number of carbonyl (C=O) groups is 1. The summed E-state index contributed by atoms with van der Waals surface area (Å²) in [6.07, 6.45) is 0.381. The zero-order valence-electron chi connectivity index (χ0n) is 12.4. The van der Waals surface area contributed by atoms with E-state index in [0.29, 0.717) is 26.1 Å². The number of nitrogens with one attached hydrogen (secondary N) is 1. The minimum atomic E-state index is -3.68. The van der Waals surface area contributed by atoms with Crippen molar-refractivity contribution in [2.45, 2.75) is 31.2 Å². The summed E-state index contributed by atoms with van der Waals surface area (Å²) in [4.78, 5) is 11.6. The molecule has 0 aliphatic carbocycles. The van der Waals surface area contributed by atoms with Gasteiger partial charge in [-0.15, -0.1) is 0 Å². The van der Waals surface area contributed by atoms with Crippen molar-refractivity contribution in [3.05, 3.63) is 17.6 Å². The summed E-state index contributed by atoms with van der Waals surface area (Å²) in [5.41, 5.74) is 0. The number of hydrogen-bond acceptors (Lipinski definition) is 6. The molecule has 2 rings (SSSR count). The van der Waals surface area contributed by atoms with Gasteiger partial charge >= 0.3 is 5.97 Å². The van der Waals surface area contributed by atoms with Crippen molar-refractivity contribution in [2.24, 2.45) is 0 Å². The van der Waals surface area contributed by atoms with Crippen LogP contribution in [0.4, 0.5) is 0 Å². The van der Waals surface area contributed by atoms with Gasteiger partial charge in [0, 0.05) is 38.2 Å². The Labute approximate surface area is 124 Å². The van der Waals surface area contributed by atoms with E-state index in [1.54, 1.807) is 6.92 Å². The van der Waals surface area contributed by atoms with Gasteiger partial charge in [0.2, 0.25) is 15.8 Å². The van der Waals surface area contributed by atoms with Gasteiger partial charge in [0.1, 0.15) is 10.7 Å².